The third-order valence-electron chi connectivity index (χ3n) is 0.350. The summed E-state index contributed by atoms with van der Waals surface area (Å²) in [5, 5.41) is 0. The number of hydrogen-bond acceptors (Lipinski definition) is 4. The van der Waals surface area contributed by atoms with Crippen LogP contribution >= 0.6 is 16.5 Å². The van der Waals surface area contributed by atoms with Crippen LogP contribution in [0.5, 0.6) is 0 Å². The normalized spacial score (nSPS) is 16.1. The van der Waals surface area contributed by atoms with Crippen molar-refractivity contribution in [1.82, 2.24) is 0 Å². The van der Waals surface area contributed by atoms with Crippen molar-refractivity contribution < 1.29 is 22.9 Å². The molecule has 0 spiro atoms. The molecule has 0 heterocycles. The first-order valence-electron chi connectivity index (χ1n) is 1.89. The second kappa shape index (κ2) is 4.77. The Morgan fingerprint density at radius 2 is 2.11 bits per heavy atom. The Balaban J connectivity index is 3.50. The van der Waals surface area contributed by atoms with Crippen LogP contribution in [0.1, 0.15) is 0 Å². The van der Waals surface area contributed by atoms with Crippen molar-refractivity contribution in [2.75, 3.05) is 0 Å². The molecule has 0 bridgehead atoms. The standard InChI is InChI=1S/C2H6O5P2/c1-2-6-9(5)7-8(3)4/h2,8-9H,1H2,(H,3,4). The molecule has 7 heteroatoms. The molecule has 2 atom stereocenters. The molecular formula is C2H6O5P2. The van der Waals surface area contributed by atoms with Crippen LogP contribution in [0.25, 0.3) is 0 Å². The first kappa shape index (κ1) is 8.92. The molecule has 9 heavy (non-hydrogen) atoms. The van der Waals surface area contributed by atoms with E-state index in [1.165, 1.54) is 0 Å². The molecule has 0 aromatic carbocycles. The van der Waals surface area contributed by atoms with Gasteiger partial charge in [-0.3, -0.25) is 4.57 Å². The Labute approximate surface area is 53.2 Å². The topological polar surface area (TPSA) is 72.8 Å². The van der Waals surface area contributed by atoms with E-state index in [9.17, 15) is 9.13 Å². The van der Waals surface area contributed by atoms with Crippen LogP contribution in [0.15, 0.2) is 12.8 Å². The van der Waals surface area contributed by atoms with E-state index in [0.29, 0.717) is 0 Å². The van der Waals surface area contributed by atoms with Crippen molar-refractivity contribution in [1.29, 1.82) is 0 Å². The molecule has 0 aromatic heterocycles. The monoisotopic (exact) mass is 172 g/mol. The summed E-state index contributed by atoms with van der Waals surface area (Å²) in [7, 11) is -5.97. The zero-order valence-corrected chi connectivity index (χ0v) is 6.36. The first-order valence-corrected chi connectivity index (χ1v) is 4.38. The van der Waals surface area contributed by atoms with Crippen molar-refractivity contribution in [3.63, 3.8) is 0 Å². The first-order chi connectivity index (χ1) is 4.16. The highest BCUT2D eigenvalue weighted by Crippen LogP contribution is 2.35. The van der Waals surface area contributed by atoms with Crippen molar-refractivity contribution in [3.8, 4) is 0 Å². The third kappa shape index (κ3) is 5.80. The third-order valence-corrected chi connectivity index (χ3v) is 2.07. The van der Waals surface area contributed by atoms with Gasteiger partial charge in [0, 0.05) is 0 Å². The predicted octanol–water partition coefficient (Wildman–Crippen LogP) is 0.935. The van der Waals surface area contributed by atoms with E-state index in [1.807, 2.05) is 0 Å². The maximum atomic E-state index is 10.2. The lowest BCUT2D eigenvalue weighted by Gasteiger charge is -1.96. The molecule has 0 amide bonds. The molecule has 1 N–H and O–H groups in total. The highest BCUT2D eigenvalue weighted by Gasteiger charge is 1.98. The minimum atomic E-state index is -3.15. The van der Waals surface area contributed by atoms with Crippen LogP contribution < -0.4 is 0 Å². The molecule has 0 saturated carbocycles. The summed E-state index contributed by atoms with van der Waals surface area (Å²) < 4.78 is 27.9. The fraction of sp³-hybridized carbons (Fsp3) is 0. The summed E-state index contributed by atoms with van der Waals surface area (Å²) in [5.41, 5.74) is 0. The second-order valence-electron chi connectivity index (χ2n) is 0.902. The molecule has 2 unspecified atom stereocenters. The summed E-state index contributed by atoms with van der Waals surface area (Å²) in [6.45, 7) is 3.06. The van der Waals surface area contributed by atoms with Gasteiger partial charge < -0.3 is 9.42 Å². The second-order valence-corrected chi connectivity index (χ2v) is 2.99. The summed E-state index contributed by atoms with van der Waals surface area (Å²) in [5.74, 6) is 0. The van der Waals surface area contributed by atoms with Crippen LogP contribution in [0.4, 0.5) is 0 Å². The van der Waals surface area contributed by atoms with E-state index in [-0.39, 0.29) is 0 Å². The van der Waals surface area contributed by atoms with Crippen molar-refractivity contribution in [3.05, 3.63) is 12.8 Å². The van der Waals surface area contributed by atoms with E-state index >= 15 is 0 Å². The van der Waals surface area contributed by atoms with Crippen molar-refractivity contribution in [2.24, 2.45) is 0 Å². The Hall–Kier alpha value is -0.0800. The van der Waals surface area contributed by atoms with Gasteiger partial charge in [-0.05, 0) is 0 Å². The van der Waals surface area contributed by atoms with Gasteiger partial charge in [0.1, 0.15) is 0 Å². The van der Waals surface area contributed by atoms with E-state index in [2.05, 4.69) is 15.4 Å². The van der Waals surface area contributed by atoms with Gasteiger partial charge in [-0.25, -0.2) is 8.88 Å². The SMILES string of the molecule is C=CO[PH](=O)O[PH](=O)O. The Morgan fingerprint density at radius 1 is 1.56 bits per heavy atom. The van der Waals surface area contributed by atoms with Crippen LogP contribution in [0.3, 0.4) is 0 Å². The molecule has 0 saturated heterocycles. The molecule has 0 aliphatic rings. The number of rotatable bonds is 4. The zero-order valence-electron chi connectivity index (χ0n) is 4.36. The lowest BCUT2D eigenvalue weighted by molar-refractivity contribution is 0.356. The van der Waals surface area contributed by atoms with Gasteiger partial charge >= 0.3 is 16.5 Å². The molecule has 5 nitrogen and oxygen atoms in total. The van der Waals surface area contributed by atoms with Crippen LogP contribution in [-0.2, 0) is 18.0 Å². The molecule has 0 fully saturated rings. The highest BCUT2D eigenvalue weighted by atomic mass is 31.2. The average molecular weight is 172 g/mol. The van der Waals surface area contributed by atoms with Gasteiger partial charge in [0.05, 0.1) is 6.26 Å². The molecule has 0 radical (unpaired) electrons. The van der Waals surface area contributed by atoms with Crippen LogP contribution in [0, 0.1) is 0 Å². The Bertz CT molecular complexity index is 142. The van der Waals surface area contributed by atoms with Gasteiger partial charge in [0.15, 0.2) is 0 Å². The summed E-state index contributed by atoms with van der Waals surface area (Å²) in [6.07, 6.45) is 0.881. The molecule has 0 aliphatic heterocycles. The fourth-order valence-electron chi connectivity index (χ4n) is 0.163. The van der Waals surface area contributed by atoms with E-state index < -0.39 is 16.5 Å². The smallest absolute Gasteiger partial charge is 0.374 e. The maximum absolute atomic E-state index is 10.2. The van der Waals surface area contributed by atoms with E-state index in [4.69, 9.17) is 4.89 Å². The van der Waals surface area contributed by atoms with Crippen LogP contribution in [0.2, 0.25) is 0 Å². The van der Waals surface area contributed by atoms with E-state index in [1.54, 1.807) is 0 Å². The van der Waals surface area contributed by atoms with Crippen molar-refractivity contribution >= 4 is 16.5 Å². The molecule has 54 valence electrons. The van der Waals surface area contributed by atoms with Gasteiger partial charge in [-0.2, -0.15) is 0 Å². The summed E-state index contributed by atoms with van der Waals surface area (Å²) in [6, 6.07) is 0. The van der Waals surface area contributed by atoms with Gasteiger partial charge in [0.25, 0.3) is 0 Å². The largest absolute Gasteiger partial charge is 0.435 e. The fourth-order valence-corrected chi connectivity index (χ4v) is 1.06. The average Bonchev–Trinajstić information content (AvgIpc) is 1.63. The maximum Gasteiger partial charge on any atom is 0.374 e. The molecular weight excluding hydrogens is 166 g/mol. The zero-order chi connectivity index (χ0) is 7.28. The van der Waals surface area contributed by atoms with Gasteiger partial charge in [-0.1, -0.05) is 6.58 Å². The van der Waals surface area contributed by atoms with Crippen LogP contribution in [-0.4, -0.2) is 4.89 Å². The highest BCUT2D eigenvalue weighted by molar-refractivity contribution is 7.47. The lowest BCUT2D eigenvalue weighted by Crippen LogP contribution is -1.65. The Morgan fingerprint density at radius 3 is 2.44 bits per heavy atom. The minimum Gasteiger partial charge on any atom is -0.435 e. The van der Waals surface area contributed by atoms with Crippen molar-refractivity contribution in [2.45, 2.75) is 0 Å². The van der Waals surface area contributed by atoms with E-state index in [0.717, 1.165) is 6.26 Å². The quantitative estimate of drug-likeness (QED) is 0.504. The summed E-state index contributed by atoms with van der Waals surface area (Å²) >= 11 is 0. The summed E-state index contributed by atoms with van der Waals surface area (Å²) in [4.78, 5) is 7.98. The minimum absolute atomic E-state index is 0.881. The Kier molecular flexibility index (Phi) is 4.72. The predicted molar refractivity (Wildman–Crippen MR) is 32.6 cm³/mol. The van der Waals surface area contributed by atoms with Gasteiger partial charge in [0.2, 0.25) is 0 Å². The lowest BCUT2D eigenvalue weighted by atomic mass is 11.2. The molecule has 0 aromatic rings. The van der Waals surface area contributed by atoms with Gasteiger partial charge in [-0.15, -0.1) is 0 Å². The molecule has 0 aliphatic carbocycles. The molecule has 0 rings (SSSR count). The number of hydrogen-bond donors (Lipinski definition) is 1.